The van der Waals surface area contributed by atoms with Crippen molar-refractivity contribution in [3.63, 3.8) is 0 Å². The molecular weight excluding hydrogens is 244 g/mol. The van der Waals surface area contributed by atoms with Crippen LogP contribution in [0, 0.1) is 0 Å². The van der Waals surface area contributed by atoms with Gasteiger partial charge in [-0.1, -0.05) is 30.3 Å². The van der Waals surface area contributed by atoms with Crippen molar-refractivity contribution < 1.29 is 14.6 Å². The van der Waals surface area contributed by atoms with Crippen molar-refractivity contribution in [3.05, 3.63) is 35.9 Å². The number of aliphatic hydroxyl groups is 1. The molecule has 5 heteroatoms. The van der Waals surface area contributed by atoms with Crippen molar-refractivity contribution in [3.8, 4) is 0 Å². The van der Waals surface area contributed by atoms with Crippen LogP contribution in [0.3, 0.4) is 0 Å². The third-order valence-electron chi connectivity index (χ3n) is 2.64. The molecule has 1 atom stereocenters. The van der Waals surface area contributed by atoms with Crippen LogP contribution in [-0.2, 0) is 16.0 Å². The second kappa shape index (κ2) is 9.49. The number of amides is 1. The number of nitrogens with two attached hydrogens (primary N) is 1. The van der Waals surface area contributed by atoms with E-state index in [1.165, 1.54) is 0 Å². The Labute approximate surface area is 113 Å². The van der Waals surface area contributed by atoms with E-state index in [0.717, 1.165) is 5.56 Å². The molecular formula is C14H22N2O3. The summed E-state index contributed by atoms with van der Waals surface area (Å²) in [7, 11) is 0. The first kappa shape index (κ1) is 15.6. The van der Waals surface area contributed by atoms with Gasteiger partial charge in [0.25, 0.3) is 0 Å². The lowest BCUT2D eigenvalue weighted by molar-refractivity contribution is -0.122. The quantitative estimate of drug-likeness (QED) is 0.552. The Hall–Kier alpha value is -1.43. The maximum absolute atomic E-state index is 11.7. The van der Waals surface area contributed by atoms with Crippen LogP contribution in [0.25, 0.3) is 0 Å². The van der Waals surface area contributed by atoms with E-state index in [0.29, 0.717) is 32.6 Å². The van der Waals surface area contributed by atoms with Crippen LogP contribution in [-0.4, -0.2) is 43.4 Å². The van der Waals surface area contributed by atoms with Crippen LogP contribution in [0.15, 0.2) is 30.3 Å². The van der Waals surface area contributed by atoms with Gasteiger partial charge in [-0.25, -0.2) is 0 Å². The van der Waals surface area contributed by atoms with Gasteiger partial charge in [0.05, 0.1) is 19.3 Å². The third-order valence-corrected chi connectivity index (χ3v) is 2.64. The standard InChI is InChI=1S/C14H22N2O3/c15-13(11-12-5-2-1-3-6-12)14(18)16-7-4-9-19-10-8-17/h1-3,5-6,13,17H,4,7-11,15H2,(H,16,18). The number of carbonyl (C=O) groups is 1. The molecule has 0 aromatic heterocycles. The Morgan fingerprint density at radius 1 is 1.32 bits per heavy atom. The highest BCUT2D eigenvalue weighted by Crippen LogP contribution is 2.01. The molecule has 0 radical (unpaired) electrons. The molecule has 4 N–H and O–H groups in total. The molecule has 0 saturated heterocycles. The average Bonchev–Trinajstić information content (AvgIpc) is 2.43. The summed E-state index contributed by atoms with van der Waals surface area (Å²) in [5.41, 5.74) is 6.89. The molecule has 0 aliphatic rings. The number of nitrogens with one attached hydrogen (secondary N) is 1. The summed E-state index contributed by atoms with van der Waals surface area (Å²) >= 11 is 0. The van der Waals surface area contributed by atoms with Crippen molar-refractivity contribution in [1.29, 1.82) is 0 Å². The van der Waals surface area contributed by atoms with Crippen LogP contribution in [0.5, 0.6) is 0 Å². The van der Waals surface area contributed by atoms with E-state index in [2.05, 4.69) is 5.32 Å². The summed E-state index contributed by atoms with van der Waals surface area (Å²) in [4.78, 5) is 11.7. The molecule has 0 aliphatic carbocycles. The van der Waals surface area contributed by atoms with Crippen molar-refractivity contribution in [1.82, 2.24) is 5.32 Å². The van der Waals surface area contributed by atoms with Gasteiger partial charge in [0, 0.05) is 13.2 Å². The van der Waals surface area contributed by atoms with Gasteiger partial charge in [-0.2, -0.15) is 0 Å². The zero-order valence-electron chi connectivity index (χ0n) is 11.0. The van der Waals surface area contributed by atoms with Gasteiger partial charge in [0.1, 0.15) is 0 Å². The molecule has 0 aliphatic heterocycles. The van der Waals surface area contributed by atoms with Crippen LogP contribution in [0.2, 0.25) is 0 Å². The maximum atomic E-state index is 11.7. The van der Waals surface area contributed by atoms with Crippen molar-refractivity contribution in [2.45, 2.75) is 18.9 Å². The van der Waals surface area contributed by atoms with E-state index in [9.17, 15) is 4.79 Å². The Kier molecular flexibility index (Phi) is 7.81. The summed E-state index contributed by atoms with van der Waals surface area (Å²) in [5, 5.41) is 11.3. The predicted octanol–water partition coefficient (Wildman–Crippen LogP) is 0.0716. The number of aliphatic hydroxyl groups excluding tert-OH is 1. The molecule has 106 valence electrons. The zero-order valence-corrected chi connectivity index (χ0v) is 11.0. The minimum Gasteiger partial charge on any atom is -0.394 e. The van der Waals surface area contributed by atoms with Crippen LogP contribution in [0.1, 0.15) is 12.0 Å². The van der Waals surface area contributed by atoms with Crippen LogP contribution >= 0.6 is 0 Å². The fourth-order valence-corrected chi connectivity index (χ4v) is 1.64. The van der Waals surface area contributed by atoms with E-state index >= 15 is 0 Å². The molecule has 1 aromatic rings. The Morgan fingerprint density at radius 3 is 2.74 bits per heavy atom. The molecule has 1 unspecified atom stereocenters. The second-order valence-corrected chi connectivity index (χ2v) is 4.28. The lowest BCUT2D eigenvalue weighted by Crippen LogP contribution is -2.42. The predicted molar refractivity (Wildman–Crippen MR) is 73.7 cm³/mol. The topological polar surface area (TPSA) is 84.6 Å². The Balaban J connectivity index is 2.15. The van der Waals surface area contributed by atoms with E-state index < -0.39 is 6.04 Å². The van der Waals surface area contributed by atoms with Gasteiger partial charge in [0.2, 0.25) is 5.91 Å². The molecule has 19 heavy (non-hydrogen) atoms. The van der Waals surface area contributed by atoms with Crippen molar-refractivity contribution in [2.24, 2.45) is 5.73 Å². The van der Waals surface area contributed by atoms with Gasteiger partial charge >= 0.3 is 0 Å². The SMILES string of the molecule is NC(Cc1ccccc1)C(=O)NCCCOCCO. The fourth-order valence-electron chi connectivity index (χ4n) is 1.64. The zero-order chi connectivity index (χ0) is 13.9. The first-order valence-corrected chi connectivity index (χ1v) is 6.50. The van der Waals surface area contributed by atoms with Gasteiger partial charge in [-0.05, 0) is 18.4 Å². The lowest BCUT2D eigenvalue weighted by Gasteiger charge is -2.12. The minimum atomic E-state index is -0.527. The number of hydrogen-bond acceptors (Lipinski definition) is 4. The molecule has 0 heterocycles. The van der Waals surface area contributed by atoms with E-state index in [-0.39, 0.29) is 12.5 Å². The molecule has 0 saturated carbocycles. The molecule has 0 spiro atoms. The Bertz CT molecular complexity index is 357. The number of rotatable bonds is 9. The molecule has 5 nitrogen and oxygen atoms in total. The molecule has 1 aromatic carbocycles. The number of benzene rings is 1. The summed E-state index contributed by atoms with van der Waals surface area (Å²) in [6.45, 7) is 1.41. The first-order chi connectivity index (χ1) is 9.24. The van der Waals surface area contributed by atoms with Crippen LogP contribution < -0.4 is 11.1 Å². The summed E-state index contributed by atoms with van der Waals surface area (Å²) in [6.07, 6.45) is 1.25. The van der Waals surface area contributed by atoms with Crippen molar-refractivity contribution >= 4 is 5.91 Å². The summed E-state index contributed by atoms with van der Waals surface area (Å²) < 4.78 is 5.09. The normalized spacial score (nSPS) is 12.1. The Morgan fingerprint density at radius 2 is 2.05 bits per heavy atom. The molecule has 1 rings (SSSR count). The van der Waals surface area contributed by atoms with E-state index in [1.807, 2.05) is 30.3 Å². The lowest BCUT2D eigenvalue weighted by atomic mass is 10.1. The summed E-state index contributed by atoms with van der Waals surface area (Å²) in [6, 6.07) is 9.17. The number of carbonyl (C=O) groups excluding carboxylic acids is 1. The largest absolute Gasteiger partial charge is 0.394 e. The van der Waals surface area contributed by atoms with Crippen molar-refractivity contribution in [2.75, 3.05) is 26.4 Å². The van der Waals surface area contributed by atoms with Crippen LogP contribution in [0.4, 0.5) is 0 Å². The van der Waals surface area contributed by atoms with Gasteiger partial charge in [-0.15, -0.1) is 0 Å². The third kappa shape index (κ3) is 6.91. The molecule has 0 fully saturated rings. The van der Waals surface area contributed by atoms with Gasteiger partial charge in [0.15, 0.2) is 0 Å². The van der Waals surface area contributed by atoms with E-state index in [1.54, 1.807) is 0 Å². The highest BCUT2D eigenvalue weighted by atomic mass is 16.5. The second-order valence-electron chi connectivity index (χ2n) is 4.28. The first-order valence-electron chi connectivity index (χ1n) is 6.50. The summed E-state index contributed by atoms with van der Waals surface area (Å²) in [5.74, 6) is -0.147. The monoisotopic (exact) mass is 266 g/mol. The van der Waals surface area contributed by atoms with Gasteiger partial charge in [-0.3, -0.25) is 4.79 Å². The maximum Gasteiger partial charge on any atom is 0.237 e. The smallest absolute Gasteiger partial charge is 0.237 e. The fraction of sp³-hybridized carbons (Fsp3) is 0.500. The highest BCUT2D eigenvalue weighted by Gasteiger charge is 2.12. The number of hydrogen-bond donors (Lipinski definition) is 3. The molecule has 1 amide bonds. The minimum absolute atomic E-state index is 0.0221. The van der Waals surface area contributed by atoms with E-state index in [4.69, 9.17) is 15.6 Å². The molecule has 0 bridgehead atoms. The highest BCUT2D eigenvalue weighted by molar-refractivity contribution is 5.81. The number of ether oxygens (including phenoxy) is 1. The average molecular weight is 266 g/mol. The van der Waals surface area contributed by atoms with Gasteiger partial charge < -0.3 is 20.9 Å².